The Morgan fingerprint density at radius 1 is 1.12 bits per heavy atom. The summed E-state index contributed by atoms with van der Waals surface area (Å²) in [7, 11) is 1.68. The number of carbonyl (C=O) groups excluding carboxylic acids is 1. The summed E-state index contributed by atoms with van der Waals surface area (Å²) in [4.78, 5) is 14.5. The maximum Gasteiger partial charge on any atom is 0.162 e. The van der Waals surface area contributed by atoms with Gasteiger partial charge in [0.15, 0.2) is 5.78 Å². The van der Waals surface area contributed by atoms with E-state index >= 15 is 0 Å². The number of anilines is 2. The van der Waals surface area contributed by atoms with Gasteiger partial charge in [0.2, 0.25) is 0 Å². The van der Waals surface area contributed by atoms with Crippen LogP contribution in [-0.4, -0.2) is 32.1 Å². The van der Waals surface area contributed by atoms with Crippen LogP contribution in [0.1, 0.15) is 42.2 Å². The number of ether oxygens (including phenoxy) is 2. The Bertz CT molecular complexity index is 1080. The molecule has 0 fully saturated rings. The molecule has 5 nitrogen and oxygen atoms in total. The first-order valence-electron chi connectivity index (χ1n) is 11.1. The van der Waals surface area contributed by atoms with Gasteiger partial charge in [-0.1, -0.05) is 43.3 Å². The predicted octanol–water partition coefficient (Wildman–Crippen LogP) is 5.54. The van der Waals surface area contributed by atoms with Gasteiger partial charge in [0.05, 0.1) is 19.3 Å². The average molecular weight is 431 g/mol. The molecular weight excluding hydrogens is 400 g/mol. The van der Waals surface area contributed by atoms with E-state index in [9.17, 15) is 4.79 Å². The minimum Gasteiger partial charge on any atom is -0.497 e. The topological polar surface area (TPSA) is 50.8 Å². The Hall–Kier alpha value is -3.31. The second-order valence-electron chi connectivity index (χ2n) is 8.05. The lowest BCUT2D eigenvalue weighted by Crippen LogP contribution is -2.44. The van der Waals surface area contributed by atoms with Crippen molar-refractivity contribution >= 4 is 17.2 Å². The van der Waals surface area contributed by atoms with E-state index in [2.05, 4.69) is 41.4 Å². The summed E-state index contributed by atoms with van der Waals surface area (Å²) in [5, 5.41) is 3.60. The predicted molar refractivity (Wildman–Crippen MR) is 128 cm³/mol. The van der Waals surface area contributed by atoms with Crippen molar-refractivity contribution in [3.05, 3.63) is 83.9 Å². The van der Waals surface area contributed by atoms with Gasteiger partial charge in [-0.3, -0.25) is 4.79 Å². The van der Waals surface area contributed by atoms with E-state index < -0.39 is 0 Å². The Morgan fingerprint density at radius 3 is 2.75 bits per heavy atom. The van der Waals surface area contributed by atoms with Crippen LogP contribution in [0.2, 0.25) is 0 Å². The fraction of sp³-hybridized carbons (Fsp3) is 0.296. The highest BCUT2D eigenvalue weighted by Crippen LogP contribution is 2.38. The number of benzene rings is 3. The average Bonchev–Trinajstić information content (AvgIpc) is 2.86. The van der Waals surface area contributed by atoms with E-state index in [0.29, 0.717) is 19.5 Å². The number of hydrogen-bond donors (Lipinski definition) is 1. The number of methoxy groups -OCH3 is 1. The van der Waals surface area contributed by atoms with Crippen molar-refractivity contribution in [3.8, 4) is 11.5 Å². The van der Waals surface area contributed by atoms with Crippen molar-refractivity contribution in [2.24, 2.45) is 0 Å². The number of carbonyl (C=O) groups is 1. The first kappa shape index (κ1) is 21.9. The number of fused-ring (bicyclic) bond motifs is 1. The van der Waals surface area contributed by atoms with Crippen LogP contribution in [0.25, 0.3) is 0 Å². The maximum atomic E-state index is 12.3. The summed E-state index contributed by atoms with van der Waals surface area (Å²) in [5.74, 6) is 1.86. The largest absolute Gasteiger partial charge is 0.497 e. The Morgan fingerprint density at radius 2 is 1.94 bits per heavy atom. The molecule has 5 heteroatoms. The number of nitrogens with one attached hydrogen (secondary N) is 1. The fourth-order valence-electron chi connectivity index (χ4n) is 4.04. The standard InChI is InChI=1S/C27H30N2O3/c1-4-26(30)21-10-7-11-22(15-21)29-18-24(32-27-14-6-5-13-25(27)29)17-28-19(2)20-9-8-12-23(16-20)31-3/h5-16,19,24,28H,4,17-18H2,1-3H3/t19-,24?/m1/s1. The molecule has 0 saturated carbocycles. The van der Waals surface area contributed by atoms with E-state index in [0.717, 1.165) is 28.4 Å². The quantitative estimate of drug-likeness (QED) is 0.476. The van der Waals surface area contributed by atoms with Crippen LogP contribution >= 0.6 is 0 Å². The van der Waals surface area contributed by atoms with Crippen molar-refractivity contribution in [2.75, 3.05) is 25.1 Å². The Labute approximate surface area is 190 Å². The summed E-state index contributed by atoms with van der Waals surface area (Å²) in [6.45, 7) is 5.42. The lowest BCUT2D eigenvalue weighted by atomic mass is 10.1. The molecular formula is C27H30N2O3. The monoisotopic (exact) mass is 430 g/mol. The van der Waals surface area contributed by atoms with Gasteiger partial charge >= 0.3 is 0 Å². The van der Waals surface area contributed by atoms with Crippen molar-refractivity contribution in [1.82, 2.24) is 5.32 Å². The third-order valence-corrected chi connectivity index (χ3v) is 5.88. The van der Waals surface area contributed by atoms with Crippen LogP contribution in [0.3, 0.4) is 0 Å². The molecule has 1 heterocycles. The summed E-state index contributed by atoms with van der Waals surface area (Å²) in [5.41, 5.74) is 3.94. The zero-order valence-corrected chi connectivity index (χ0v) is 18.9. The molecule has 0 bridgehead atoms. The number of hydrogen-bond acceptors (Lipinski definition) is 5. The molecule has 0 radical (unpaired) electrons. The number of nitrogens with zero attached hydrogens (tertiary/aromatic N) is 1. The van der Waals surface area contributed by atoms with E-state index in [1.807, 2.05) is 55.5 Å². The maximum absolute atomic E-state index is 12.3. The second-order valence-corrected chi connectivity index (χ2v) is 8.05. The first-order chi connectivity index (χ1) is 15.6. The highest BCUT2D eigenvalue weighted by Gasteiger charge is 2.27. The highest BCUT2D eigenvalue weighted by molar-refractivity contribution is 5.97. The van der Waals surface area contributed by atoms with Gasteiger partial charge < -0.3 is 19.7 Å². The van der Waals surface area contributed by atoms with Crippen LogP contribution in [-0.2, 0) is 0 Å². The van der Waals surface area contributed by atoms with E-state index in [1.165, 1.54) is 5.56 Å². The smallest absolute Gasteiger partial charge is 0.162 e. The summed E-state index contributed by atoms with van der Waals surface area (Å²) in [6.07, 6.45) is 0.459. The van der Waals surface area contributed by atoms with E-state index in [1.54, 1.807) is 7.11 Å². The zero-order valence-electron chi connectivity index (χ0n) is 18.9. The third-order valence-electron chi connectivity index (χ3n) is 5.88. The highest BCUT2D eigenvalue weighted by atomic mass is 16.5. The lowest BCUT2D eigenvalue weighted by molar-refractivity contribution is 0.0988. The number of Topliss-reactive ketones (excluding diaryl/α,β-unsaturated/α-hetero) is 1. The van der Waals surface area contributed by atoms with Gasteiger partial charge in [0.1, 0.15) is 17.6 Å². The van der Waals surface area contributed by atoms with Crippen molar-refractivity contribution in [3.63, 3.8) is 0 Å². The second kappa shape index (κ2) is 9.88. The molecule has 3 aromatic rings. The van der Waals surface area contributed by atoms with E-state index in [4.69, 9.17) is 9.47 Å². The Kier molecular flexibility index (Phi) is 6.76. The SMILES string of the molecule is CCC(=O)c1cccc(N2CC(CN[C@H](C)c3cccc(OC)c3)Oc3ccccc32)c1. The van der Waals surface area contributed by atoms with Crippen molar-refractivity contribution < 1.29 is 14.3 Å². The number of ketones is 1. The molecule has 1 N–H and O–H groups in total. The number of para-hydroxylation sites is 2. The van der Waals surface area contributed by atoms with Gasteiger partial charge in [0, 0.05) is 30.3 Å². The minimum atomic E-state index is -0.0384. The molecule has 0 amide bonds. The molecule has 0 aromatic heterocycles. The normalized spacial score (nSPS) is 16.1. The zero-order chi connectivity index (χ0) is 22.5. The van der Waals surface area contributed by atoms with Gasteiger partial charge in [0.25, 0.3) is 0 Å². The van der Waals surface area contributed by atoms with Gasteiger partial charge in [-0.25, -0.2) is 0 Å². The van der Waals surface area contributed by atoms with Crippen LogP contribution in [0.5, 0.6) is 11.5 Å². The minimum absolute atomic E-state index is 0.0384. The van der Waals surface area contributed by atoms with Crippen LogP contribution in [0.4, 0.5) is 11.4 Å². The summed E-state index contributed by atoms with van der Waals surface area (Å²) >= 11 is 0. The third kappa shape index (κ3) is 4.78. The molecule has 0 saturated heterocycles. The summed E-state index contributed by atoms with van der Waals surface area (Å²) in [6, 6.07) is 24.2. The molecule has 4 rings (SSSR count). The molecule has 1 aliphatic heterocycles. The summed E-state index contributed by atoms with van der Waals surface area (Å²) < 4.78 is 11.7. The molecule has 32 heavy (non-hydrogen) atoms. The molecule has 166 valence electrons. The van der Waals surface area contributed by atoms with Crippen LogP contribution < -0.4 is 19.7 Å². The Balaban J connectivity index is 1.53. The first-order valence-corrected chi connectivity index (χ1v) is 11.1. The van der Waals surface area contributed by atoms with Gasteiger partial charge in [-0.2, -0.15) is 0 Å². The molecule has 0 spiro atoms. The van der Waals surface area contributed by atoms with Gasteiger partial charge in [-0.15, -0.1) is 0 Å². The fourth-order valence-corrected chi connectivity index (χ4v) is 4.04. The molecule has 2 atom stereocenters. The van der Waals surface area contributed by atoms with Crippen molar-refractivity contribution in [2.45, 2.75) is 32.4 Å². The number of rotatable bonds is 8. The molecule has 3 aromatic carbocycles. The van der Waals surface area contributed by atoms with Crippen LogP contribution in [0, 0.1) is 0 Å². The van der Waals surface area contributed by atoms with E-state index in [-0.39, 0.29) is 17.9 Å². The van der Waals surface area contributed by atoms with Gasteiger partial charge in [-0.05, 0) is 48.9 Å². The molecule has 0 aliphatic carbocycles. The lowest BCUT2D eigenvalue weighted by Gasteiger charge is -2.37. The molecule has 1 aliphatic rings. The van der Waals surface area contributed by atoms with Crippen LogP contribution in [0.15, 0.2) is 72.8 Å². The molecule has 1 unspecified atom stereocenters. The van der Waals surface area contributed by atoms with Crippen molar-refractivity contribution in [1.29, 1.82) is 0 Å².